The minimum absolute atomic E-state index is 0.0565. The molecule has 0 aromatic heterocycles. The first-order valence-electron chi connectivity index (χ1n) is 10.1. The predicted octanol–water partition coefficient (Wildman–Crippen LogP) is 2.07. The fraction of sp³-hybridized carbons (Fsp3) is 0.857. The second-order valence-corrected chi connectivity index (χ2v) is 9.81. The number of aliphatic hydroxyl groups is 2. The van der Waals surface area contributed by atoms with Crippen LogP contribution in [0.15, 0.2) is 0 Å². The number of hydrogen-bond donors (Lipinski definition) is 2. The molecule has 4 saturated carbocycles. The highest BCUT2D eigenvalue weighted by Gasteiger charge is 2.68. The zero-order valence-corrected chi connectivity index (χ0v) is 15.8. The molecule has 0 aromatic rings. The van der Waals surface area contributed by atoms with Gasteiger partial charge < -0.3 is 10.2 Å². The van der Waals surface area contributed by atoms with Gasteiger partial charge in [-0.2, -0.15) is 0 Å². The van der Waals surface area contributed by atoms with Crippen molar-refractivity contribution in [1.29, 1.82) is 0 Å². The molecular weight excluding hydrogens is 332 g/mol. The highest BCUT2D eigenvalue weighted by Crippen LogP contribution is 2.67. The smallest absolute Gasteiger partial charge is 0.190 e. The molecular formula is C21H30O5. The van der Waals surface area contributed by atoms with Crippen LogP contribution in [0.1, 0.15) is 65.2 Å². The van der Waals surface area contributed by atoms with Gasteiger partial charge in [-0.05, 0) is 55.3 Å². The molecule has 144 valence electrons. The van der Waals surface area contributed by atoms with Crippen LogP contribution >= 0.6 is 0 Å². The molecule has 4 aliphatic rings. The highest BCUT2D eigenvalue weighted by atomic mass is 16.3. The number of aliphatic hydroxyl groups excluding tert-OH is 1. The average Bonchev–Trinajstić information content (AvgIpc) is 2.86. The van der Waals surface area contributed by atoms with Crippen molar-refractivity contribution in [1.82, 2.24) is 0 Å². The molecule has 1 unspecified atom stereocenters. The molecule has 5 nitrogen and oxygen atoms in total. The fourth-order valence-corrected chi connectivity index (χ4v) is 7.45. The van der Waals surface area contributed by atoms with Gasteiger partial charge in [-0.15, -0.1) is 0 Å². The maximum absolute atomic E-state index is 13.3. The van der Waals surface area contributed by atoms with E-state index in [-0.39, 0.29) is 41.3 Å². The van der Waals surface area contributed by atoms with Crippen LogP contribution in [-0.2, 0) is 14.4 Å². The molecule has 0 spiro atoms. The zero-order chi connectivity index (χ0) is 18.9. The SMILES string of the molecule is C[C@]12CCC(=O)CC1CC[C@@H]1[C@@H]2C(=O)C[C@@]2(C)[C@H]1CC[C@]2(O)C(=O)CO. The minimum atomic E-state index is -1.59. The van der Waals surface area contributed by atoms with Crippen LogP contribution in [0.3, 0.4) is 0 Å². The lowest BCUT2D eigenvalue weighted by Gasteiger charge is -2.59. The molecule has 0 saturated heterocycles. The lowest BCUT2D eigenvalue weighted by atomic mass is 9.44. The number of carbonyl (C=O) groups is 3. The van der Waals surface area contributed by atoms with E-state index in [0.29, 0.717) is 25.0 Å². The van der Waals surface area contributed by atoms with Crippen LogP contribution < -0.4 is 0 Å². The fourth-order valence-electron chi connectivity index (χ4n) is 7.45. The maximum Gasteiger partial charge on any atom is 0.190 e. The maximum atomic E-state index is 13.3. The number of rotatable bonds is 2. The van der Waals surface area contributed by atoms with Gasteiger partial charge in [-0.25, -0.2) is 0 Å². The average molecular weight is 362 g/mol. The second-order valence-electron chi connectivity index (χ2n) is 9.81. The predicted molar refractivity (Wildman–Crippen MR) is 94.2 cm³/mol. The Morgan fingerprint density at radius 3 is 2.58 bits per heavy atom. The van der Waals surface area contributed by atoms with E-state index >= 15 is 0 Å². The largest absolute Gasteiger partial charge is 0.388 e. The van der Waals surface area contributed by atoms with Gasteiger partial charge in [0.25, 0.3) is 0 Å². The van der Waals surface area contributed by atoms with E-state index < -0.39 is 23.4 Å². The summed E-state index contributed by atoms with van der Waals surface area (Å²) in [6.07, 6.45) is 5.07. The number of ketones is 3. The molecule has 0 bridgehead atoms. The second kappa shape index (κ2) is 5.71. The number of Topliss-reactive ketones (excluding diaryl/α,β-unsaturated/α-hetero) is 3. The van der Waals surface area contributed by atoms with E-state index in [4.69, 9.17) is 0 Å². The van der Waals surface area contributed by atoms with Crippen molar-refractivity contribution in [2.24, 2.45) is 34.5 Å². The van der Waals surface area contributed by atoms with Gasteiger partial charge in [0.15, 0.2) is 5.78 Å². The standard InChI is InChI=1S/C21H30O5/c1-19-7-5-13(23)9-12(19)3-4-14-15-6-8-21(26,17(25)11-22)20(15,2)10-16(24)18(14)19/h12,14-15,18,22,26H,3-11H2,1-2H3/t12?,14-,15-,18+,19-,20-,21-/m0/s1. The molecule has 0 aliphatic heterocycles. The number of hydrogen-bond acceptors (Lipinski definition) is 5. The summed E-state index contributed by atoms with van der Waals surface area (Å²) >= 11 is 0. The third-order valence-corrected chi connectivity index (χ3v) is 8.93. The van der Waals surface area contributed by atoms with Crippen LogP contribution in [0.4, 0.5) is 0 Å². The summed E-state index contributed by atoms with van der Waals surface area (Å²) in [5, 5.41) is 20.5. The third kappa shape index (κ3) is 2.13. The summed E-state index contributed by atoms with van der Waals surface area (Å²) in [6, 6.07) is 0. The van der Waals surface area contributed by atoms with Crippen LogP contribution in [0.25, 0.3) is 0 Å². The molecule has 7 atom stereocenters. The summed E-state index contributed by atoms with van der Waals surface area (Å²) in [5.74, 6) is 0.468. The van der Waals surface area contributed by atoms with E-state index in [1.165, 1.54) is 0 Å². The van der Waals surface area contributed by atoms with E-state index in [1.54, 1.807) is 0 Å². The van der Waals surface area contributed by atoms with Gasteiger partial charge in [-0.3, -0.25) is 14.4 Å². The molecule has 0 heterocycles. The Bertz CT molecular complexity index is 671. The summed E-state index contributed by atoms with van der Waals surface area (Å²) in [6.45, 7) is 3.40. The number of carbonyl (C=O) groups excluding carboxylic acids is 3. The molecule has 4 fully saturated rings. The lowest BCUT2D eigenvalue weighted by Crippen LogP contribution is -2.62. The molecule has 0 aromatic carbocycles. The lowest BCUT2D eigenvalue weighted by molar-refractivity contribution is -0.178. The topological polar surface area (TPSA) is 91.7 Å². The van der Waals surface area contributed by atoms with Crippen LogP contribution in [0, 0.1) is 34.5 Å². The van der Waals surface area contributed by atoms with Crippen molar-refractivity contribution >= 4 is 17.3 Å². The van der Waals surface area contributed by atoms with Crippen molar-refractivity contribution < 1.29 is 24.6 Å². The van der Waals surface area contributed by atoms with Gasteiger partial charge in [0.05, 0.1) is 0 Å². The van der Waals surface area contributed by atoms with Crippen molar-refractivity contribution in [3.63, 3.8) is 0 Å². The molecule has 5 heteroatoms. The van der Waals surface area contributed by atoms with Gasteiger partial charge in [-0.1, -0.05) is 13.8 Å². The Morgan fingerprint density at radius 2 is 1.88 bits per heavy atom. The first-order chi connectivity index (χ1) is 12.2. The highest BCUT2D eigenvalue weighted by molar-refractivity contribution is 5.92. The van der Waals surface area contributed by atoms with Gasteiger partial charge >= 0.3 is 0 Å². The zero-order valence-electron chi connectivity index (χ0n) is 15.8. The molecule has 4 rings (SSSR count). The molecule has 0 radical (unpaired) electrons. The Morgan fingerprint density at radius 1 is 1.15 bits per heavy atom. The molecule has 26 heavy (non-hydrogen) atoms. The quantitative estimate of drug-likeness (QED) is 0.785. The van der Waals surface area contributed by atoms with E-state index in [0.717, 1.165) is 25.7 Å². The molecule has 0 amide bonds. The van der Waals surface area contributed by atoms with Crippen molar-refractivity contribution in [2.45, 2.75) is 70.8 Å². The van der Waals surface area contributed by atoms with E-state index in [9.17, 15) is 24.6 Å². The molecule has 4 aliphatic carbocycles. The summed E-state index contributed by atoms with van der Waals surface area (Å²) in [4.78, 5) is 37.6. The van der Waals surface area contributed by atoms with Crippen LogP contribution in [0.2, 0.25) is 0 Å². The summed E-state index contributed by atoms with van der Waals surface area (Å²) in [7, 11) is 0. The Balaban J connectivity index is 1.71. The van der Waals surface area contributed by atoms with Gasteiger partial charge in [0, 0.05) is 30.6 Å². The van der Waals surface area contributed by atoms with Crippen molar-refractivity contribution in [3.8, 4) is 0 Å². The van der Waals surface area contributed by atoms with Crippen LogP contribution in [0.5, 0.6) is 0 Å². The number of fused-ring (bicyclic) bond motifs is 5. The van der Waals surface area contributed by atoms with Crippen molar-refractivity contribution in [2.75, 3.05) is 6.61 Å². The van der Waals surface area contributed by atoms with Gasteiger partial charge in [0.2, 0.25) is 0 Å². The Labute approximate surface area is 154 Å². The van der Waals surface area contributed by atoms with E-state index in [2.05, 4.69) is 6.92 Å². The minimum Gasteiger partial charge on any atom is -0.388 e. The van der Waals surface area contributed by atoms with Crippen LogP contribution in [-0.4, -0.2) is 39.8 Å². The summed E-state index contributed by atoms with van der Waals surface area (Å²) < 4.78 is 0. The summed E-state index contributed by atoms with van der Waals surface area (Å²) in [5.41, 5.74) is -2.50. The normalized spacial score (nSPS) is 50.8. The monoisotopic (exact) mass is 362 g/mol. The Kier molecular flexibility index (Phi) is 4.02. The third-order valence-electron chi connectivity index (χ3n) is 8.93. The first-order valence-corrected chi connectivity index (χ1v) is 10.1. The van der Waals surface area contributed by atoms with Crippen molar-refractivity contribution in [3.05, 3.63) is 0 Å². The van der Waals surface area contributed by atoms with Gasteiger partial charge in [0.1, 0.15) is 23.8 Å². The molecule has 2 N–H and O–H groups in total. The first kappa shape index (κ1) is 18.3. The Hall–Kier alpha value is -1.07. The van der Waals surface area contributed by atoms with E-state index in [1.807, 2.05) is 6.92 Å².